The smallest absolute Gasteiger partial charge is 0.210 e. The summed E-state index contributed by atoms with van der Waals surface area (Å²) in [6.07, 6.45) is 0.468. The van der Waals surface area contributed by atoms with Crippen molar-refractivity contribution < 1.29 is 8.42 Å². The van der Waals surface area contributed by atoms with Gasteiger partial charge in [0.25, 0.3) is 0 Å². The van der Waals surface area contributed by atoms with E-state index in [1.165, 1.54) is 6.07 Å². The molecule has 0 spiro atoms. The normalized spacial score (nSPS) is 11.8. The van der Waals surface area contributed by atoms with Crippen LogP contribution in [0.1, 0.15) is 5.56 Å². The Morgan fingerprint density at radius 1 is 1.14 bits per heavy atom. The first-order valence-electron chi connectivity index (χ1n) is 5.68. The number of thiophene rings is 1. The summed E-state index contributed by atoms with van der Waals surface area (Å²) in [5.74, 6) is 0. The topological polar surface area (TPSA) is 46.2 Å². The van der Waals surface area contributed by atoms with Crippen LogP contribution in [0.25, 0.3) is 0 Å². The van der Waals surface area contributed by atoms with Crippen molar-refractivity contribution in [3.05, 3.63) is 48.7 Å². The standard InChI is InChI=1S/C12H9BrCl3NO2S2/c13-12-10(16)6-11(20-12)21(18,19)17-4-3-7-1-2-8(14)5-9(7)15/h1-2,5-6,17H,3-4H2. The summed E-state index contributed by atoms with van der Waals surface area (Å²) in [6, 6.07) is 6.53. The number of rotatable bonds is 5. The van der Waals surface area contributed by atoms with Crippen LogP contribution in [0.15, 0.2) is 32.3 Å². The lowest BCUT2D eigenvalue weighted by Crippen LogP contribution is -2.25. The van der Waals surface area contributed by atoms with Crippen LogP contribution in [0, 0.1) is 0 Å². The van der Waals surface area contributed by atoms with Crippen LogP contribution in [0.4, 0.5) is 0 Å². The van der Waals surface area contributed by atoms with Crippen molar-refractivity contribution in [2.45, 2.75) is 10.6 Å². The van der Waals surface area contributed by atoms with Gasteiger partial charge in [-0.25, -0.2) is 13.1 Å². The molecule has 3 nitrogen and oxygen atoms in total. The van der Waals surface area contributed by atoms with Crippen LogP contribution in [0.3, 0.4) is 0 Å². The molecule has 0 unspecified atom stereocenters. The SMILES string of the molecule is O=S(=O)(NCCc1ccc(Cl)cc1Cl)c1cc(Cl)c(Br)s1. The average Bonchev–Trinajstić information content (AvgIpc) is 2.73. The van der Waals surface area contributed by atoms with Crippen molar-refractivity contribution >= 4 is 72.1 Å². The molecule has 9 heteroatoms. The third-order valence-corrected chi connectivity index (χ3v) is 7.59. The van der Waals surface area contributed by atoms with E-state index in [0.29, 0.717) is 25.3 Å². The van der Waals surface area contributed by atoms with Gasteiger partial charge in [-0.2, -0.15) is 0 Å². The molecule has 0 saturated heterocycles. The molecule has 0 bridgehead atoms. The minimum absolute atomic E-state index is 0.168. The molecule has 1 aromatic heterocycles. The summed E-state index contributed by atoms with van der Waals surface area (Å²) in [4.78, 5) is 0. The molecule has 0 saturated carbocycles. The number of nitrogens with one attached hydrogen (secondary N) is 1. The summed E-state index contributed by atoms with van der Waals surface area (Å²) < 4.78 is 27.5. The highest BCUT2D eigenvalue weighted by atomic mass is 79.9. The number of halogens is 4. The Morgan fingerprint density at radius 3 is 2.43 bits per heavy atom. The first-order chi connectivity index (χ1) is 9.79. The number of hydrogen-bond donors (Lipinski definition) is 1. The monoisotopic (exact) mass is 447 g/mol. The van der Waals surface area contributed by atoms with E-state index >= 15 is 0 Å². The van der Waals surface area contributed by atoms with Crippen LogP contribution >= 0.6 is 62.1 Å². The van der Waals surface area contributed by atoms with Gasteiger partial charge < -0.3 is 0 Å². The van der Waals surface area contributed by atoms with Crippen LogP contribution < -0.4 is 4.72 Å². The van der Waals surface area contributed by atoms with Crippen LogP contribution in [0.5, 0.6) is 0 Å². The maximum absolute atomic E-state index is 12.1. The summed E-state index contributed by atoms with van der Waals surface area (Å²) in [5.41, 5.74) is 0.828. The van der Waals surface area contributed by atoms with Crippen molar-refractivity contribution in [1.29, 1.82) is 0 Å². The second-order valence-electron chi connectivity index (χ2n) is 4.07. The van der Waals surface area contributed by atoms with Gasteiger partial charge in [-0.05, 0) is 46.1 Å². The predicted octanol–water partition coefficient (Wildman–Crippen LogP) is 4.99. The van der Waals surface area contributed by atoms with Crippen LogP contribution in [0.2, 0.25) is 15.1 Å². The Labute approximate surface area is 150 Å². The molecule has 0 atom stereocenters. The number of sulfonamides is 1. The third-order valence-electron chi connectivity index (χ3n) is 2.59. The number of hydrogen-bond acceptors (Lipinski definition) is 3. The maximum Gasteiger partial charge on any atom is 0.250 e. The molecule has 2 aromatic rings. The van der Waals surface area contributed by atoms with E-state index in [1.807, 2.05) is 0 Å². The van der Waals surface area contributed by atoms with E-state index in [0.717, 1.165) is 16.9 Å². The Kier molecular flexibility index (Phi) is 5.99. The third kappa shape index (κ3) is 4.58. The summed E-state index contributed by atoms with van der Waals surface area (Å²) in [6.45, 7) is 0.233. The van der Waals surface area contributed by atoms with Gasteiger partial charge in [-0.3, -0.25) is 0 Å². The van der Waals surface area contributed by atoms with Crippen molar-refractivity contribution in [1.82, 2.24) is 4.72 Å². The number of benzene rings is 1. The fourth-order valence-corrected chi connectivity index (χ4v) is 5.55. The fraction of sp³-hybridized carbons (Fsp3) is 0.167. The van der Waals surface area contributed by atoms with Gasteiger partial charge in [0.2, 0.25) is 10.0 Å². The largest absolute Gasteiger partial charge is 0.250 e. The second kappa shape index (κ2) is 7.17. The molecule has 1 N–H and O–H groups in total. The second-order valence-corrected chi connectivity index (χ2v) is 9.69. The van der Waals surface area contributed by atoms with Gasteiger partial charge in [0, 0.05) is 16.6 Å². The highest BCUT2D eigenvalue weighted by Crippen LogP contribution is 2.34. The van der Waals surface area contributed by atoms with Gasteiger partial charge in [-0.1, -0.05) is 40.9 Å². The Hall–Kier alpha value is 0.180. The van der Waals surface area contributed by atoms with Crippen molar-refractivity contribution in [2.24, 2.45) is 0 Å². The Morgan fingerprint density at radius 2 is 1.86 bits per heavy atom. The summed E-state index contributed by atoms with van der Waals surface area (Å²) in [5, 5.41) is 1.44. The molecular weight excluding hydrogens is 441 g/mol. The molecule has 0 aliphatic carbocycles. The molecule has 0 aliphatic rings. The molecule has 1 aromatic carbocycles. The van der Waals surface area contributed by atoms with Gasteiger partial charge >= 0.3 is 0 Å². The van der Waals surface area contributed by atoms with Gasteiger partial charge in [0.1, 0.15) is 4.21 Å². The quantitative estimate of drug-likeness (QED) is 0.699. The van der Waals surface area contributed by atoms with Gasteiger partial charge in [-0.15, -0.1) is 11.3 Å². The van der Waals surface area contributed by atoms with Crippen molar-refractivity contribution in [3.63, 3.8) is 0 Å². The van der Waals surface area contributed by atoms with Crippen molar-refractivity contribution in [2.75, 3.05) is 6.54 Å². The van der Waals surface area contributed by atoms with Crippen LogP contribution in [-0.2, 0) is 16.4 Å². The molecule has 1 heterocycles. The Balaban J connectivity index is 2.02. The van der Waals surface area contributed by atoms with Gasteiger partial charge in [0.15, 0.2) is 0 Å². The molecule has 0 aliphatic heterocycles. The lowest BCUT2D eigenvalue weighted by Gasteiger charge is -2.06. The maximum atomic E-state index is 12.1. The lowest BCUT2D eigenvalue weighted by atomic mass is 10.1. The molecule has 0 radical (unpaired) electrons. The van der Waals surface area contributed by atoms with Crippen LogP contribution in [-0.4, -0.2) is 15.0 Å². The minimum atomic E-state index is -3.57. The predicted molar refractivity (Wildman–Crippen MR) is 92.4 cm³/mol. The minimum Gasteiger partial charge on any atom is -0.210 e. The van der Waals surface area contributed by atoms with Crippen molar-refractivity contribution in [3.8, 4) is 0 Å². The molecule has 114 valence electrons. The molecular formula is C12H9BrCl3NO2S2. The highest BCUT2D eigenvalue weighted by Gasteiger charge is 2.18. The summed E-state index contributed by atoms with van der Waals surface area (Å²) in [7, 11) is -3.57. The van der Waals surface area contributed by atoms with E-state index in [2.05, 4.69) is 20.7 Å². The molecule has 2 rings (SSSR count). The zero-order chi connectivity index (χ0) is 15.6. The first kappa shape index (κ1) is 17.5. The van der Waals surface area contributed by atoms with E-state index < -0.39 is 10.0 Å². The van der Waals surface area contributed by atoms with E-state index in [9.17, 15) is 8.42 Å². The highest BCUT2D eigenvalue weighted by molar-refractivity contribution is 9.11. The molecule has 21 heavy (non-hydrogen) atoms. The molecule has 0 fully saturated rings. The van der Waals surface area contributed by atoms with E-state index in [4.69, 9.17) is 34.8 Å². The lowest BCUT2D eigenvalue weighted by molar-refractivity contribution is 0.584. The zero-order valence-corrected chi connectivity index (χ0v) is 15.9. The van der Waals surface area contributed by atoms with E-state index in [1.54, 1.807) is 18.2 Å². The van der Waals surface area contributed by atoms with E-state index in [-0.39, 0.29) is 10.8 Å². The fourth-order valence-electron chi connectivity index (χ4n) is 1.57. The average molecular weight is 450 g/mol. The summed E-state index contributed by atoms with van der Waals surface area (Å²) >= 11 is 21.9. The zero-order valence-electron chi connectivity index (χ0n) is 10.4. The molecule has 0 amide bonds. The first-order valence-corrected chi connectivity index (χ1v) is 9.90. The Bertz CT molecular complexity index is 742. The van der Waals surface area contributed by atoms with Gasteiger partial charge in [0.05, 0.1) is 8.81 Å².